The van der Waals surface area contributed by atoms with Gasteiger partial charge in [0.2, 0.25) is 0 Å². The summed E-state index contributed by atoms with van der Waals surface area (Å²) in [5, 5.41) is 5.80. The predicted octanol–water partition coefficient (Wildman–Crippen LogP) is 4.58. The minimum Gasteiger partial charge on any atom is -0.448 e. The summed E-state index contributed by atoms with van der Waals surface area (Å²) in [7, 11) is 0. The normalized spacial score (nSPS) is 13.7. The van der Waals surface area contributed by atoms with Gasteiger partial charge in [-0.1, -0.05) is 24.3 Å². The van der Waals surface area contributed by atoms with E-state index in [1.54, 1.807) is 41.7 Å². The van der Waals surface area contributed by atoms with Crippen LogP contribution in [0, 0.1) is 0 Å². The number of hydrazine groups is 1. The first-order chi connectivity index (χ1) is 15.6. The zero-order chi connectivity index (χ0) is 22.3. The maximum absolute atomic E-state index is 13.0. The highest BCUT2D eigenvalue weighted by atomic mass is 32.1. The van der Waals surface area contributed by atoms with Crippen molar-refractivity contribution in [1.29, 1.82) is 0 Å². The van der Waals surface area contributed by atoms with Gasteiger partial charge < -0.3 is 4.74 Å². The third-order valence-corrected chi connectivity index (χ3v) is 6.26. The standard InChI is InChI=1S/C24H26N4O3S/c25-28(21-9-4-6-18(17-21)22-10-5-15-32-22)23(29)19-7-3-8-20(16-19)26-24(30)31-14-13-27-11-1-2-12-27/h3-10,15-17H,1-2,11-14,25H2,(H,26,30). The first-order valence-corrected chi connectivity index (χ1v) is 11.5. The molecular weight excluding hydrogens is 424 g/mol. The SMILES string of the molecule is NN(C(=O)c1cccc(NC(=O)OCCN2CCCC2)c1)c1cccc(-c2cccs2)c1. The maximum atomic E-state index is 13.0. The van der Waals surface area contributed by atoms with E-state index in [0.29, 0.717) is 23.5 Å². The van der Waals surface area contributed by atoms with Gasteiger partial charge in [0, 0.05) is 22.7 Å². The number of amides is 2. The van der Waals surface area contributed by atoms with Gasteiger partial charge in [0.15, 0.2) is 0 Å². The Kier molecular flexibility index (Phi) is 7.16. The Hall–Kier alpha value is -3.20. The fraction of sp³-hybridized carbons (Fsp3) is 0.250. The largest absolute Gasteiger partial charge is 0.448 e. The molecule has 8 heteroatoms. The first-order valence-electron chi connectivity index (χ1n) is 10.6. The lowest BCUT2D eigenvalue weighted by atomic mass is 10.1. The third kappa shape index (κ3) is 5.53. The quantitative estimate of drug-likeness (QED) is 0.313. The molecular formula is C24H26N4O3S. The molecule has 3 N–H and O–H groups in total. The van der Waals surface area contributed by atoms with Crippen LogP contribution in [-0.2, 0) is 4.74 Å². The summed E-state index contributed by atoms with van der Waals surface area (Å²) < 4.78 is 5.26. The number of nitrogens with zero attached hydrogens (tertiary/aromatic N) is 2. The van der Waals surface area contributed by atoms with Gasteiger partial charge in [0.05, 0.1) is 5.69 Å². The second-order valence-corrected chi connectivity index (χ2v) is 8.54. The van der Waals surface area contributed by atoms with Crippen LogP contribution in [0.4, 0.5) is 16.2 Å². The molecule has 1 aliphatic rings. The molecule has 1 aromatic heterocycles. The Labute approximate surface area is 191 Å². The van der Waals surface area contributed by atoms with E-state index in [4.69, 9.17) is 10.6 Å². The monoisotopic (exact) mass is 450 g/mol. The van der Waals surface area contributed by atoms with Crippen molar-refractivity contribution in [3.05, 3.63) is 71.6 Å². The Morgan fingerprint density at radius 1 is 1.06 bits per heavy atom. The second-order valence-electron chi connectivity index (χ2n) is 7.59. The number of ether oxygens (including phenoxy) is 1. The zero-order valence-electron chi connectivity index (χ0n) is 17.7. The summed E-state index contributed by atoms with van der Waals surface area (Å²) in [5.41, 5.74) is 2.42. The lowest BCUT2D eigenvalue weighted by Gasteiger charge is -2.18. The Bertz CT molecular complexity index is 1060. The molecule has 32 heavy (non-hydrogen) atoms. The third-order valence-electron chi connectivity index (χ3n) is 5.34. The number of anilines is 2. The van der Waals surface area contributed by atoms with Gasteiger partial charge in [0.25, 0.3) is 5.91 Å². The topological polar surface area (TPSA) is 87.9 Å². The molecule has 1 fully saturated rings. The molecule has 2 amide bonds. The molecule has 0 unspecified atom stereocenters. The van der Waals surface area contributed by atoms with Gasteiger partial charge in [0.1, 0.15) is 6.61 Å². The summed E-state index contributed by atoms with van der Waals surface area (Å²) >= 11 is 1.62. The van der Waals surface area contributed by atoms with Gasteiger partial charge in [-0.25, -0.2) is 15.6 Å². The van der Waals surface area contributed by atoms with E-state index < -0.39 is 6.09 Å². The number of benzene rings is 2. The molecule has 2 aromatic carbocycles. The number of nitrogens with one attached hydrogen (secondary N) is 1. The van der Waals surface area contributed by atoms with Crippen molar-refractivity contribution in [3.63, 3.8) is 0 Å². The number of carbonyl (C=O) groups excluding carboxylic acids is 2. The fourth-order valence-electron chi connectivity index (χ4n) is 3.67. The maximum Gasteiger partial charge on any atom is 0.411 e. The lowest BCUT2D eigenvalue weighted by molar-refractivity contribution is 0.0986. The number of carbonyl (C=O) groups is 2. The van der Waals surface area contributed by atoms with Crippen molar-refractivity contribution in [3.8, 4) is 10.4 Å². The molecule has 0 bridgehead atoms. The minimum absolute atomic E-state index is 0.335. The molecule has 2 heterocycles. The van der Waals surface area contributed by atoms with Crippen LogP contribution in [0.1, 0.15) is 23.2 Å². The summed E-state index contributed by atoms with van der Waals surface area (Å²) in [6, 6.07) is 18.2. The van der Waals surface area contributed by atoms with E-state index in [1.807, 2.05) is 35.7 Å². The average Bonchev–Trinajstić information content (AvgIpc) is 3.53. The molecule has 4 rings (SSSR count). The molecule has 0 atom stereocenters. The first kappa shape index (κ1) is 22.0. The van der Waals surface area contributed by atoms with Gasteiger partial charge in [-0.3, -0.25) is 15.0 Å². The number of rotatable bonds is 7. The molecule has 0 radical (unpaired) electrons. The summed E-state index contributed by atoms with van der Waals surface area (Å²) in [6.45, 7) is 3.18. The molecule has 0 saturated carbocycles. The van der Waals surface area contributed by atoms with E-state index >= 15 is 0 Å². The van der Waals surface area contributed by atoms with Crippen LogP contribution in [0.5, 0.6) is 0 Å². The summed E-state index contributed by atoms with van der Waals surface area (Å²) in [6.07, 6.45) is 1.86. The highest BCUT2D eigenvalue weighted by Crippen LogP contribution is 2.28. The predicted molar refractivity (Wildman–Crippen MR) is 128 cm³/mol. The Balaban J connectivity index is 1.37. The number of likely N-dealkylation sites (tertiary alicyclic amines) is 1. The molecule has 0 spiro atoms. The van der Waals surface area contributed by atoms with Crippen LogP contribution in [0.25, 0.3) is 10.4 Å². The van der Waals surface area contributed by atoms with Crippen molar-refractivity contribution >= 4 is 34.7 Å². The molecule has 166 valence electrons. The number of nitrogens with two attached hydrogens (primary N) is 1. The van der Waals surface area contributed by atoms with Crippen LogP contribution in [0.3, 0.4) is 0 Å². The second kappa shape index (κ2) is 10.4. The molecule has 7 nitrogen and oxygen atoms in total. The van der Waals surface area contributed by atoms with Crippen molar-refractivity contribution in [1.82, 2.24) is 4.90 Å². The minimum atomic E-state index is -0.540. The fourth-order valence-corrected chi connectivity index (χ4v) is 4.39. The Morgan fingerprint density at radius 2 is 1.88 bits per heavy atom. The molecule has 0 aliphatic carbocycles. The Morgan fingerprint density at radius 3 is 2.66 bits per heavy atom. The smallest absolute Gasteiger partial charge is 0.411 e. The number of hydrogen-bond donors (Lipinski definition) is 2. The summed E-state index contributed by atoms with van der Waals surface area (Å²) in [5.74, 6) is 5.76. The van der Waals surface area contributed by atoms with Gasteiger partial charge in [-0.2, -0.15) is 0 Å². The van der Waals surface area contributed by atoms with Crippen LogP contribution < -0.4 is 16.2 Å². The highest BCUT2D eigenvalue weighted by Gasteiger charge is 2.17. The molecule has 3 aromatic rings. The van der Waals surface area contributed by atoms with Crippen LogP contribution >= 0.6 is 11.3 Å². The average molecular weight is 451 g/mol. The van der Waals surface area contributed by atoms with Crippen LogP contribution in [-0.4, -0.2) is 43.1 Å². The van der Waals surface area contributed by atoms with E-state index in [-0.39, 0.29) is 5.91 Å². The molecule has 1 aliphatic heterocycles. The van der Waals surface area contributed by atoms with Gasteiger partial charge >= 0.3 is 6.09 Å². The van der Waals surface area contributed by atoms with Crippen molar-refractivity contribution < 1.29 is 14.3 Å². The van der Waals surface area contributed by atoms with Gasteiger partial charge in [-0.15, -0.1) is 11.3 Å². The number of hydrogen-bond acceptors (Lipinski definition) is 6. The highest BCUT2D eigenvalue weighted by molar-refractivity contribution is 7.13. The lowest BCUT2D eigenvalue weighted by Crippen LogP contribution is -2.37. The van der Waals surface area contributed by atoms with Gasteiger partial charge in [-0.05, 0) is 73.3 Å². The van der Waals surface area contributed by atoms with Crippen molar-refractivity contribution in [2.24, 2.45) is 5.84 Å². The van der Waals surface area contributed by atoms with Crippen LogP contribution in [0.2, 0.25) is 0 Å². The van der Waals surface area contributed by atoms with Crippen LogP contribution in [0.15, 0.2) is 66.0 Å². The van der Waals surface area contributed by atoms with E-state index in [9.17, 15) is 9.59 Å². The zero-order valence-corrected chi connectivity index (χ0v) is 18.5. The van der Waals surface area contributed by atoms with E-state index in [2.05, 4.69) is 10.2 Å². The number of thiophene rings is 1. The van der Waals surface area contributed by atoms with E-state index in [0.717, 1.165) is 35.1 Å². The van der Waals surface area contributed by atoms with Crippen molar-refractivity contribution in [2.75, 3.05) is 36.6 Å². The molecule has 1 saturated heterocycles. The summed E-state index contributed by atoms with van der Waals surface area (Å²) in [4.78, 5) is 28.4. The van der Waals surface area contributed by atoms with Crippen molar-refractivity contribution in [2.45, 2.75) is 12.8 Å². The van der Waals surface area contributed by atoms with E-state index in [1.165, 1.54) is 12.8 Å².